The summed E-state index contributed by atoms with van der Waals surface area (Å²) in [6.45, 7) is 3.59. The number of aromatic nitrogens is 1. The van der Waals surface area contributed by atoms with Crippen LogP contribution in [0.1, 0.15) is 12.6 Å². The second kappa shape index (κ2) is 6.60. The van der Waals surface area contributed by atoms with Gasteiger partial charge in [-0.1, -0.05) is 0 Å². The molecule has 1 heterocycles. The quantitative estimate of drug-likeness (QED) is 0.813. The summed E-state index contributed by atoms with van der Waals surface area (Å²) in [6, 6.07) is 1.26. The number of hydrogen-bond acceptors (Lipinski definition) is 4. The predicted octanol–water partition coefficient (Wildman–Crippen LogP) is 2.73. The first kappa shape index (κ1) is 14.8. The Labute approximate surface area is 117 Å². The van der Waals surface area contributed by atoms with E-state index in [1.165, 1.54) is 6.07 Å². The SMILES string of the molecule is CCOC(=O)NC(=S)Nc1nc(C)c(Br)cc1F. The number of aryl methyl sites for hydroxylation is 1. The summed E-state index contributed by atoms with van der Waals surface area (Å²) >= 11 is 7.98. The Morgan fingerprint density at radius 2 is 2.33 bits per heavy atom. The van der Waals surface area contributed by atoms with Gasteiger partial charge in [-0.15, -0.1) is 0 Å². The van der Waals surface area contributed by atoms with Crippen molar-refractivity contribution in [2.75, 3.05) is 11.9 Å². The topological polar surface area (TPSA) is 63.2 Å². The van der Waals surface area contributed by atoms with Gasteiger partial charge >= 0.3 is 6.09 Å². The van der Waals surface area contributed by atoms with Crippen LogP contribution in [-0.4, -0.2) is 22.8 Å². The molecule has 18 heavy (non-hydrogen) atoms. The van der Waals surface area contributed by atoms with Crippen LogP contribution in [0.15, 0.2) is 10.5 Å². The molecular formula is C10H11BrFN3O2S. The number of anilines is 1. The molecule has 0 spiro atoms. The maximum atomic E-state index is 13.5. The lowest BCUT2D eigenvalue weighted by Crippen LogP contribution is -2.35. The number of nitrogens with zero attached hydrogens (tertiary/aromatic N) is 1. The van der Waals surface area contributed by atoms with E-state index in [0.717, 1.165) is 0 Å². The smallest absolute Gasteiger partial charge is 0.413 e. The number of hydrogen-bond donors (Lipinski definition) is 2. The summed E-state index contributed by atoms with van der Waals surface area (Å²) < 4.78 is 18.7. The molecule has 0 saturated heterocycles. The van der Waals surface area contributed by atoms with Crippen molar-refractivity contribution in [3.05, 3.63) is 22.1 Å². The van der Waals surface area contributed by atoms with Gasteiger partial charge in [0, 0.05) is 4.47 Å². The zero-order valence-corrected chi connectivity index (χ0v) is 12.1. The molecular weight excluding hydrogens is 325 g/mol. The minimum Gasteiger partial charge on any atom is -0.450 e. The van der Waals surface area contributed by atoms with E-state index in [4.69, 9.17) is 12.2 Å². The Bertz CT molecular complexity index is 484. The Kier molecular flexibility index (Phi) is 5.42. The van der Waals surface area contributed by atoms with Crippen LogP contribution in [0, 0.1) is 12.7 Å². The average Bonchev–Trinajstić information content (AvgIpc) is 2.26. The molecule has 0 unspecified atom stereocenters. The van der Waals surface area contributed by atoms with E-state index in [2.05, 4.69) is 36.3 Å². The molecule has 0 fully saturated rings. The van der Waals surface area contributed by atoms with Crippen molar-refractivity contribution in [2.45, 2.75) is 13.8 Å². The van der Waals surface area contributed by atoms with Gasteiger partial charge < -0.3 is 10.1 Å². The maximum Gasteiger partial charge on any atom is 0.413 e. The number of ether oxygens (including phenoxy) is 1. The number of carbonyl (C=O) groups is 1. The molecule has 0 aliphatic rings. The first-order chi connectivity index (χ1) is 8.43. The zero-order chi connectivity index (χ0) is 13.7. The number of pyridine rings is 1. The van der Waals surface area contributed by atoms with Crippen LogP contribution >= 0.6 is 28.1 Å². The molecule has 1 aromatic rings. The second-order valence-corrected chi connectivity index (χ2v) is 4.45. The van der Waals surface area contributed by atoms with E-state index < -0.39 is 11.9 Å². The largest absolute Gasteiger partial charge is 0.450 e. The van der Waals surface area contributed by atoms with Crippen LogP contribution in [0.2, 0.25) is 0 Å². The van der Waals surface area contributed by atoms with Crippen molar-refractivity contribution in [3.8, 4) is 0 Å². The number of amides is 1. The average molecular weight is 336 g/mol. The Morgan fingerprint density at radius 3 is 2.94 bits per heavy atom. The van der Waals surface area contributed by atoms with Crippen molar-refractivity contribution in [2.24, 2.45) is 0 Å². The van der Waals surface area contributed by atoms with Gasteiger partial charge in [0.05, 0.1) is 12.3 Å². The van der Waals surface area contributed by atoms with Crippen molar-refractivity contribution in [1.29, 1.82) is 0 Å². The molecule has 1 aromatic heterocycles. The Balaban J connectivity index is 2.70. The summed E-state index contributed by atoms with van der Waals surface area (Å²) in [5, 5.41) is 4.63. The van der Waals surface area contributed by atoms with Crippen LogP contribution in [-0.2, 0) is 4.74 Å². The lowest BCUT2D eigenvalue weighted by atomic mass is 10.3. The monoisotopic (exact) mass is 335 g/mol. The molecule has 0 atom stereocenters. The summed E-state index contributed by atoms with van der Waals surface area (Å²) in [4.78, 5) is 15.0. The Morgan fingerprint density at radius 1 is 1.67 bits per heavy atom. The van der Waals surface area contributed by atoms with Gasteiger partial charge in [-0.05, 0) is 48.1 Å². The number of carbonyl (C=O) groups excluding carboxylic acids is 1. The van der Waals surface area contributed by atoms with E-state index in [-0.39, 0.29) is 17.5 Å². The van der Waals surface area contributed by atoms with Gasteiger partial charge in [0.15, 0.2) is 16.7 Å². The van der Waals surface area contributed by atoms with Crippen LogP contribution in [0.3, 0.4) is 0 Å². The van der Waals surface area contributed by atoms with Crippen LogP contribution < -0.4 is 10.6 Å². The second-order valence-electron chi connectivity index (χ2n) is 3.19. The molecule has 0 aromatic carbocycles. The van der Waals surface area contributed by atoms with E-state index in [1.807, 2.05) is 0 Å². The zero-order valence-electron chi connectivity index (χ0n) is 9.71. The summed E-state index contributed by atoms with van der Waals surface area (Å²) in [5.74, 6) is -0.641. The molecule has 0 radical (unpaired) electrons. The normalized spacial score (nSPS) is 9.78. The third-order valence-electron chi connectivity index (χ3n) is 1.83. The molecule has 5 nitrogen and oxygen atoms in total. The number of halogens is 2. The van der Waals surface area contributed by atoms with Crippen LogP contribution in [0.25, 0.3) is 0 Å². The maximum absolute atomic E-state index is 13.5. The fraction of sp³-hybridized carbons (Fsp3) is 0.300. The molecule has 98 valence electrons. The third-order valence-corrected chi connectivity index (χ3v) is 2.83. The first-order valence-electron chi connectivity index (χ1n) is 5.01. The highest BCUT2D eigenvalue weighted by Gasteiger charge is 2.11. The van der Waals surface area contributed by atoms with E-state index in [1.54, 1.807) is 13.8 Å². The minimum absolute atomic E-state index is 0.0579. The van der Waals surface area contributed by atoms with Crippen molar-refractivity contribution < 1.29 is 13.9 Å². The van der Waals surface area contributed by atoms with Gasteiger partial charge in [0.1, 0.15) is 0 Å². The predicted molar refractivity (Wildman–Crippen MR) is 73.0 cm³/mol. The standard InChI is InChI=1S/C10H11BrFN3O2S/c1-3-17-10(16)15-9(18)14-8-7(12)4-6(11)5(2)13-8/h4H,3H2,1-2H3,(H2,13,14,15,16,18). The fourth-order valence-corrected chi connectivity index (χ4v) is 1.51. The summed E-state index contributed by atoms with van der Waals surface area (Å²) in [5.41, 5.74) is 0.595. The number of rotatable bonds is 2. The molecule has 1 rings (SSSR count). The fourth-order valence-electron chi connectivity index (χ4n) is 1.04. The van der Waals surface area contributed by atoms with Crippen molar-refractivity contribution in [3.63, 3.8) is 0 Å². The number of nitrogens with one attached hydrogen (secondary N) is 2. The number of thiocarbonyl (C=S) groups is 1. The van der Waals surface area contributed by atoms with E-state index >= 15 is 0 Å². The van der Waals surface area contributed by atoms with E-state index in [0.29, 0.717) is 10.2 Å². The Hall–Kier alpha value is -1.28. The van der Waals surface area contributed by atoms with Gasteiger partial charge in [0.2, 0.25) is 0 Å². The molecule has 1 amide bonds. The minimum atomic E-state index is -0.704. The van der Waals surface area contributed by atoms with E-state index in [9.17, 15) is 9.18 Å². The summed E-state index contributed by atoms with van der Waals surface area (Å²) in [6.07, 6.45) is -0.704. The molecule has 0 bridgehead atoms. The van der Waals surface area contributed by atoms with Crippen LogP contribution in [0.4, 0.5) is 15.0 Å². The van der Waals surface area contributed by atoms with Gasteiger partial charge in [0.25, 0.3) is 0 Å². The molecule has 0 saturated carbocycles. The highest BCUT2D eigenvalue weighted by atomic mass is 79.9. The van der Waals surface area contributed by atoms with Crippen LogP contribution in [0.5, 0.6) is 0 Å². The van der Waals surface area contributed by atoms with Gasteiger partial charge in [-0.3, -0.25) is 5.32 Å². The van der Waals surface area contributed by atoms with Crippen molar-refractivity contribution in [1.82, 2.24) is 10.3 Å². The van der Waals surface area contributed by atoms with Gasteiger partial charge in [-0.2, -0.15) is 0 Å². The highest BCUT2D eigenvalue weighted by molar-refractivity contribution is 9.10. The highest BCUT2D eigenvalue weighted by Crippen LogP contribution is 2.20. The first-order valence-corrected chi connectivity index (χ1v) is 6.21. The molecule has 2 N–H and O–H groups in total. The third kappa shape index (κ3) is 4.19. The molecule has 8 heteroatoms. The lowest BCUT2D eigenvalue weighted by molar-refractivity contribution is 0.158. The van der Waals surface area contributed by atoms with Crippen molar-refractivity contribution >= 4 is 45.2 Å². The summed E-state index contributed by atoms with van der Waals surface area (Å²) in [7, 11) is 0. The number of alkyl carbamates (subject to hydrolysis) is 1. The van der Waals surface area contributed by atoms with Gasteiger partial charge in [-0.25, -0.2) is 14.2 Å². The lowest BCUT2D eigenvalue weighted by Gasteiger charge is -2.10. The molecule has 0 aliphatic heterocycles. The molecule has 0 aliphatic carbocycles.